The standard InChI is InChI=1S/C23H17N5O4/c29-22(28-19-3-1-2-9-25-19)21-20(16-8-10-24-12-18(16)32-21)26-14-5-6-15-13(11-14)4-7-17(15)27-23(30)31/h1-3,5-6,8-12,26H,4,7H2,(H,30,31)(H,25,28,29)/b27-17+. The maximum Gasteiger partial charge on any atom is 0.431 e. The smallest absolute Gasteiger partial charge is 0.431 e. The molecule has 0 bridgehead atoms. The van der Waals surface area contributed by atoms with E-state index in [1.807, 2.05) is 18.2 Å². The molecule has 0 unspecified atom stereocenters. The maximum absolute atomic E-state index is 13.0. The number of aromatic nitrogens is 2. The topological polar surface area (TPSA) is 130 Å². The minimum absolute atomic E-state index is 0.104. The highest BCUT2D eigenvalue weighted by Gasteiger charge is 2.23. The summed E-state index contributed by atoms with van der Waals surface area (Å²) in [4.78, 5) is 35.8. The lowest BCUT2D eigenvalue weighted by Gasteiger charge is -2.09. The lowest BCUT2D eigenvalue weighted by Crippen LogP contribution is -2.13. The number of aliphatic imine (C=N–C) groups is 1. The number of aryl methyl sites for hydroxylation is 1. The zero-order chi connectivity index (χ0) is 22.1. The Kier molecular flexibility index (Phi) is 4.83. The Morgan fingerprint density at radius 2 is 2.00 bits per heavy atom. The SMILES string of the molecule is O=C(O)/N=C1\CCc2cc(Nc3c(C(=O)Nc4ccccn4)oc4cnccc34)ccc21. The van der Waals surface area contributed by atoms with Crippen molar-refractivity contribution in [3.63, 3.8) is 0 Å². The van der Waals surface area contributed by atoms with E-state index in [2.05, 4.69) is 25.6 Å². The number of hydrogen-bond acceptors (Lipinski definition) is 6. The molecule has 1 aliphatic carbocycles. The Morgan fingerprint density at radius 1 is 1.09 bits per heavy atom. The number of nitrogens with zero attached hydrogens (tertiary/aromatic N) is 3. The summed E-state index contributed by atoms with van der Waals surface area (Å²) in [6.45, 7) is 0. The van der Waals surface area contributed by atoms with Crippen molar-refractivity contribution in [2.75, 3.05) is 10.6 Å². The molecule has 4 aromatic rings. The van der Waals surface area contributed by atoms with Crippen LogP contribution in [0.2, 0.25) is 0 Å². The van der Waals surface area contributed by atoms with Crippen molar-refractivity contribution in [1.82, 2.24) is 9.97 Å². The number of benzene rings is 1. The van der Waals surface area contributed by atoms with Gasteiger partial charge in [-0.3, -0.25) is 9.78 Å². The Bertz CT molecular complexity index is 1380. The van der Waals surface area contributed by atoms with Gasteiger partial charge in [-0.1, -0.05) is 12.1 Å². The van der Waals surface area contributed by atoms with E-state index >= 15 is 0 Å². The van der Waals surface area contributed by atoms with Gasteiger partial charge in [0.2, 0.25) is 5.76 Å². The van der Waals surface area contributed by atoms with Crippen LogP contribution in [-0.2, 0) is 6.42 Å². The summed E-state index contributed by atoms with van der Waals surface area (Å²) in [7, 11) is 0. The van der Waals surface area contributed by atoms with Crippen LogP contribution in [0, 0.1) is 0 Å². The molecule has 0 radical (unpaired) electrons. The van der Waals surface area contributed by atoms with E-state index in [1.54, 1.807) is 42.9 Å². The number of carbonyl (C=O) groups excluding carboxylic acids is 1. The molecular weight excluding hydrogens is 410 g/mol. The first-order valence-corrected chi connectivity index (χ1v) is 9.88. The van der Waals surface area contributed by atoms with Gasteiger partial charge < -0.3 is 20.2 Å². The molecule has 2 amide bonds. The molecule has 3 N–H and O–H groups in total. The van der Waals surface area contributed by atoms with Gasteiger partial charge in [0.15, 0.2) is 5.58 Å². The molecule has 0 aliphatic heterocycles. The Hall–Kier alpha value is -4.53. The summed E-state index contributed by atoms with van der Waals surface area (Å²) in [5.41, 5.74) is 4.10. The van der Waals surface area contributed by atoms with E-state index in [4.69, 9.17) is 9.52 Å². The predicted octanol–water partition coefficient (Wildman–Crippen LogP) is 4.63. The average molecular weight is 427 g/mol. The van der Waals surface area contributed by atoms with E-state index in [9.17, 15) is 9.59 Å². The van der Waals surface area contributed by atoms with E-state index in [0.717, 1.165) is 16.8 Å². The fourth-order valence-electron chi connectivity index (χ4n) is 3.77. The Balaban J connectivity index is 1.50. The molecule has 3 heterocycles. The number of fused-ring (bicyclic) bond motifs is 2. The predicted molar refractivity (Wildman–Crippen MR) is 119 cm³/mol. The molecule has 9 nitrogen and oxygen atoms in total. The second-order valence-corrected chi connectivity index (χ2v) is 7.19. The van der Waals surface area contributed by atoms with Crippen LogP contribution in [0.4, 0.5) is 22.0 Å². The third-order valence-electron chi connectivity index (χ3n) is 5.15. The van der Waals surface area contributed by atoms with Gasteiger partial charge in [0.1, 0.15) is 5.82 Å². The summed E-state index contributed by atoms with van der Waals surface area (Å²) in [6, 6.07) is 12.6. The van der Waals surface area contributed by atoms with E-state index in [-0.39, 0.29) is 5.76 Å². The maximum atomic E-state index is 13.0. The van der Waals surface area contributed by atoms with Crippen molar-refractivity contribution in [2.24, 2.45) is 4.99 Å². The van der Waals surface area contributed by atoms with Crippen LogP contribution in [0.5, 0.6) is 0 Å². The molecule has 0 saturated heterocycles. The fourth-order valence-corrected chi connectivity index (χ4v) is 3.77. The normalized spacial score (nSPS) is 13.8. The third kappa shape index (κ3) is 3.67. The Morgan fingerprint density at radius 3 is 2.81 bits per heavy atom. The minimum Gasteiger partial charge on any atom is -0.463 e. The minimum atomic E-state index is -1.20. The molecule has 1 aromatic carbocycles. The zero-order valence-electron chi connectivity index (χ0n) is 16.7. The Labute approximate surface area is 181 Å². The van der Waals surface area contributed by atoms with Gasteiger partial charge in [0, 0.05) is 23.5 Å². The number of carboxylic acid groups (broad SMARTS) is 1. The molecule has 9 heteroatoms. The molecular formula is C23H17N5O4. The van der Waals surface area contributed by atoms with E-state index in [1.165, 1.54) is 0 Å². The second-order valence-electron chi connectivity index (χ2n) is 7.19. The molecule has 0 atom stereocenters. The van der Waals surface area contributed by atoms with Crippen molar-refractivity contribution in [3.05, 3.63) is 77.9 Å². The van der Waals surface area contributed by atoms with E-state index in [0.29, 0.717) is 41.0 Å². The molecule has 5 rings (SSSR count). The molecule has 0 fully saturated rings. The fraction of sp³-hybridized carbons (Fsp3) is 0.0870. The number of hydrogen-bond donors (Lipinski definition) is 3. The van der Waals surface area contributed by atoms with Gasteiger partial charge in [-0.05, 0) is 54.3 Å². The molecule has 32 heavy (non-hydrogen) atoms. The zero-order valence-corrected chi connectivity index (χ0v) is 16.7. The van der Waals surface area contributed by atoms with Crippen molar-refractivity contribution in [3.8, 4) is 0 Å². The first-order chi connectivity index (χ1) is 15.6. The lowest BCUT2D eigenvalue weighted by atomic mass is 10.1. The lowest BCUT2D eigenvalue weighted by molar-refractivity contribution is 0.0999. The van der Waals surface area contributed by atoms with Crippen LogP contribution in [0.3, 0.4) is 0 Å². The van der Waals surface area contributed by atoms with Crippen LogP contribution in [-0.4, -0.2) is 32.8 Å². The highest BCUT2D eigenvalue weighted by Crippen LogP contribution is 2.34. The van der Waals surface area contributed by atoms with E-state index < -0.39 is 12.0 Å². The number of carbonyl (C=O) groups is 2. The highest BCUT2D eigenvalue weighted by molar-refractivity contribution is 6.12. The summed E-state index contributed by atoms with van der Waals surface area (Å²) < 4.78 is 5.81. The largest absolute Gasteiger partial charge is 0.463 e. The van der Waals surface area contributed by atoms with Gasteiger partial charge in [-0.25, -0.2) is 9.78 Å². The molecule has 158 valence electrons. The van der Waals surface area contributed by atoms with Crippen LogP contribution < -0.4 is 10.6 Å². The summed E-state index contributed by atoms with van der Waals surface area (Å²) >= 11 is 0. The third-order valence-corrected chi connectivity index (χ3v) is 5.15. The average Bonchev–Trinajstić information content (AvgIpc) is 3.35. The van der Waals surface area contributed by atoms with Crippen molar-refractivity contribution in [2.45, 2.75) is 12.8 Å². The van der Waals surface area contributed by atoms with Crippen molar-refractivity contribution in [1.29, 1.82) is 0 Å². The number of anilines is 3. The molecule has 3 aromatic heterocycles. The number of nitrogens with one attached hydrogen (secondary N) is 2. The first kappa shape index (κ1) is 19.4. The van der Waals surface area contributed by atoms with Gasteiger partial charge in [0.25, 0.3) is 5.91 Å². The number of furan rings is 1. The molecule has 0 saturated carbocycles. The van der Waals surface area contributed by atoms with Gasteiger partial charge in [0.05, 0.1) is 17.6 Å². The highest BCUT2D eigenvalue weighted by atomic mass is 16.4. The monoisotopic (exact) mass is 427 g/mol. The van der Waals surface area contributed by atoms with Crippen LogP contribution in [0.1, 0.15) is 28.1 Å². The van der Waals surface area contributed by atoms with Crippen LogP contribution in [0.15, 0.2) is 70.5 Å². The van der Waals surface area contributed by atoms with Crippen LogP contribution >= 0.6 is 0 Å². The first-order valence-electron chi connectivity index (χ1n) is 9.88. The van der Waals surface area contributed by atoms with Gasteiger partial charge >= 0.3 is 6.09 Å². The summed E-state index contributed by atoms with van der Waals surface area (Å²) in [5, 5.41) is 15.7. The van der Waals surface area contributed by atoms with Crippen molar-refractivity contribution < 1.29 is 19.1 Å². The quantitative estimate of drug-likeness (QED) is 0.433. The van der Waals surface area contributed by atoms with Gasteiger partial charge in [-0.2, -0.15) is 4.99 Å². The summed E-state index contributed by atoms with van der Waals surface area (Å²) in [6.07, 6.45) is 4.83. The number of pyridine rings is 2. The second kappa shape index (κ2) is 7.95. The number of rotatable bonds is 4. The number of amides is 2. The summed E-state index contributed by atoms with van der Waals surface area (Å²) in [5.74, 6) is 0.0662. The van der Waals surface area contributed by atoms with Crippen molar-refractivity contribution >= 4 is 45.9 Å². The molecule has 1 aliphatic rings. The molecule has 0 spiro atoms. The van der Waals surface area contributed by atoms with Crippen LogP contribution in [0.25, 0.3) is 11.0 Å². The van der Waals surface area contributed by atoms with Gasteiger partial charge in [-0.15, -0.1) is 0 Å².